The summed E-state index contributed by atoms with van der Waals surface area (Å²) in [5.41, 5.74) is 5.52. The lowest BCUT2D eigenvalue weighted by Gasteiger charge is -2.24. The molecule has 0 heterocycles. The first-order chi connectivity index (χ1) is 5.78. The summed E-state index contributed by atoms with van der Waals surface area (Å²) in [6, 6.07) is 0. The first kappa shape index (κ1) is 20.0. The molecule has 14 heavy (non-hydrogen) atoms. The maximum Gasteiger partial charge on any atom is 0.0105 e. The van der Waals surface area contributed by atoms with E-state index in [1.807, 2.05) is 0 Å². The molecule has 0 fully saturated rings. The Morgan fingerprint density at radius 2 is 1.57 bits per heavy atom. The molecule has 0 aromatic carbocycles. The van der Waals surface area contributed by atoms with Gasteiger partial charge in [-0.2, -0.15) is 0 Å². The minimum Gasteiger partial charge on any atom is -0.329 e. The maximum absolute atomic E-state index is 5.52. The van der Waals surface area contributed by atoms with E-state index in [-0.39, 0.29) is 24.8 Å². The van der Waals surface area contributed by atoms with Crippen molar-refractivity contribution in [2.45, 2.75) is 33.6 Å². The Balaban J connectivity index is -0.000000605. The molecule has 0 unspecified atom stereocenters. The van der Waals surface area contributed by atoms with Gasteiger partial charge in [-0.15, -0.1) is 24.8 Å². The molecule has 0 aromatic rings. The molecule has 0 aliphatic heterocycles. The highest BCUT2D eigenvalue weighted by atomic mass is 35.5. The molecule has 0 atom stereocenters. The highest BCUT2D eigenvalue weighted by Gasteiger charge is 2.08. The fourth-order valence-electron chi connectivity index (χ4n) is 1.47. The Morgan fingerprint density at radius 1 is 1.07 bits per heavy atom. The van der Waals surface area contributed by atoms with E-state index in [1.165, 1.54) is 19.4 Å². The van der Waals surface area contributed by atoms with Crippen LogP contribution in [0.2, 0.25) is 0 Å². The standard InChI is InChI=1S/C10H24N2.2ClH/c1-4-10(5-2)9-12(6-3)8-7-11;;/h10H,4-9,11H2,1-3H3;2*1H. The third-order valence-electron chi connectivity index (χ3n) is 2.56. The minimum absolute atomic E-state index is 0. The third kappa shape index (κ3) is 9.07. The molecule has 0 aliphatic rings. The van der Waals surface area contributed by atoms with Crippen molar-refractivity contribution in [2.24, 2.45) is 11.7 Å². The van der Waals surface area contributed by atoms with E-state index in [1.54, 1.807) is 0 Å². The van der Waals surface area contributed by atoms with E-state index in [9.17, 15) is 0 Å². The van der Waals surface area contributed by atoms with Crippen molar-refractivity contribution < 1.29 is 0 Å². The number of nitrogens with zero attached hydrogens (tertiary/aromatic N) is 1. The van der Waals surface area contributed by atoms with Crippen LogP contribution in [0.15, 0.2) is 0 Å². The molecule has 0 aliphatic carbocycles. The zero-order valence-electron chi connectivity index (χ0n) is 9.66. The highest BCUT2D eigenvalue weighted by Crippen LogP contribution is 2.08. The fourth-order valence-corrected chi connectivity index (χ4v) is 1.47. The first-order valence-corrected chi connectivity index (χ1v) is 5.20. The second kappa shape index (κ2) is 13.5. The molecule has 0 rings (SSSR count). The molecular formula is C10H26Cl2N2. The van der Waals surface area contributed by atoms with Crippen LogP contribution in [0.1, 0.15) is 33.6 Å². The van der Waals surface area contributed by atoms with Gasteiger partial charge in [-0.3, -0.25) is 0 Å². The molecule has 0 aromatic heterocycles. The lowest BCUT2D eigenvalue weighted by molar-refractivity contribution is 0.239. The predicted octanol–water partition coefficient (Wildman–Crippen LogP) is 2.55. The summed E-state index contributed by atoms with van der Waals surface area (Å²) < 4.78 is 0. The van der Waals surface area contributed by atoms with Gasteiger partial charge < -0.3 is 10.6 Å². The van der Waals surface area contributed by atoms with Gasteiger partial charge in [0.2, 0.25) is 0 Å². The van der Waals surface area contributed by atoms with Crippen molar-refractivity contribution in [3.63, 3.8) is 0 Å². The monoisotopic (exact) mass is 244 g/mol. The molecule has 2 nitrogen and oxygen atoms in total. The largest absolute Gasteiger partial charge is 0.329 e. The molecule has 0 spiro atoms. The van der Waals surface area contributed by atoms with Crippen LogP contribution in [0.3, 0.4) is 0 Å². The van der Waals surface area contributed by atoms with Crippen molar-refractivity contribution in [3.8, 4) is 0 Å². The van der Waals surface area contributed by atoms with Crippen LogP contribution >= 0.6 is 24.8 Å². The molecule has 90 valence electrons. The Morgan fingerprint density at radius 3 is 1.86 bits per heavy atom. The van der Waals surface area contributed by atoms with E-state index < -0.39 is 0 Å². The van der Waals surface area contributed by atoms with Crippen LogP contribution < -0.4 is 5.73 Å². The van der Waals surface area contributed by atoms with Gasteiger partial charge in [0.1, 0.15) is 0 Å². The predicted molar refractivity (Wildman–Crippen MR) is 69.7 cm³/mol. The number of halogens is 2. The van der Waals surface area contributed by atoms with Gasteiger partial charge in [0.25, 0.3) is 0 Å². The number of hydrogen-bond acceptors (Lipinski definition) is 2. The van der Waals surface area contributed by atoms with E-state index in [0.717, 1.165) is 25.6 Å². The van der Waals surface area contributed by atoms with Crippen LogP contribution in [-0.4, -0.2) is 31.1 Å². The van der Waals surface area contributed by atoms with Crippen LogP contribution in [0.25, 0.3) is 0 Å². The first-order valence-electron chi connectivity index (χ1n) is 5.20. The van der Waals surface area contributed by atoms with Gasteiger partial charge in [0.05, 0.1) is 0 Å². The van der Waals surface area contributed by atoms with Crippen LogP contribution in [0, 0.1) is 5.92 Å². The number of nitrogens with two attached hydrogens (primary N) is 1. The highest BCUT2D eigenvalue weighted by molar-refractivity contribution is 5.85. The molecule has 0 bridgehead atoms. The Kier molecular flexibility index (Phi) is 19.3. The molecular weight excluding hydrogens is 219 g/mol. The Bertz CT molecular complexity index is 98.1. The maximum atomic E-state index is 5.52. The van der Waals surface area contributed by atoms with E-state index in [4.69, 9.17) is 5.73 Å². The van der Waals surface area contributed by atoms with Crippen LogP contribution in [0.5, 0.6) is 0 Å². The van der Waals surface area contributed by atoms with E-state index in [0.29, 0.717) is 0 Å². The molecule has 2 N–H and O–H groups in total. The SMILES string of the molecule is CCC(CC)CN(CC)CCN.Cl.Cl. The van der Waals surface area contributed by atoms with Crippen molar-refractivity contribution in [2.75, 3.05) is 26.2 Å². The summed E-state index contributed by atoms with van der Waals surface area (Å²) >= 11 is 0. The Labute approximate surface area is 101 Å². The van der Waals surface area contributed by atoms with Crippen molar-refractivity contribution in [1.82, 2.24) is 4.90 Å². The van der Waals surface area contributed by atoms with Crippen LogP contribution in [0.4, 0.5) is 0 Å². The second-order valence-electron chi connectivity index (χ2n) is 3.36. The quantitative estimate of drug-likeness (QED) is 0.746. The van der Waals surface area contributed by atoms with Gasteiger partial charge >= 0.3 is 0 Å². The number of likely N-dealkylation sites (N-methyl/N-ethyl adjacent to an activating group) is 1. The summed E-state index contributed by atoms with van der Waals surface area (Å²) in [5.74, 6) is 0.858. The average Bonchev–Trinajstić information content (AvgIpc) is 2.12. The molecule has 4 heteroatoms. The van der Waals surface area contributed by atoms with Crippen molar-refractivity contribution in [1.29, 1.82) is 0 Å². The van der Waals surface area contributed by atoms with Gasteiger partial charge in [0.15, 0.2) is 0 Å². The molecule has 0 saturated heterocycles. The van der Waals surface area contributed by atoms with Gasteiger partial charge in [0, 0.05) is 19.6 Å². The zero-order valence-corrected chi connectivity index (χ0v) is 11.3. The normalized spacial score (nSPS) is 9.86. The van der Waals surface area contributed by atoms with Gasteiger partial charge in [-0.25, -0.2) is 0 Å². The molecule has 0 radical (unpaired) electrons. The minimum atomic E-state index is 0. The van der Waals surface area contributed by atoms with E-state index >= 15 is 0 Å². The lowest BCUT2D eigenvalue weighted by atomic mass is 10.0. The lowest BCUT2D eigenvalue weighted by Crippen LogP contribution is -2.33. The number of rotatable bonds is 7. The fraction of sp³-hybridized carbons (Fsp3) is 1.00. The summed E-state index contributed by atoms with van der Waals surface area (Å²) in [4.78, 5) is 2.44. The van der Waals surface area contributed by atoms with Gasteiger partial charge in [-0.1, -0.05) is 33.6 Å². The number of hydrogen-bond donors (Lipinski definition) is 1. The molecule has 0 amide bonds. The summed E-state index contributed by atoms with van der Waals surface area (Å²) in [5, 5.41) is 0. The summed E-state index contributed by atoms with van der Waals surface area (Å²) in [6.45, 7) is 10.9. The summed E-state index contributed by atoms with van der Waals surface area (Å²) in [6.07, 6.45) is 2.58. The van der Waals surface area contributed by atoms with Gasteiger partial charge in [-0.05, 0) is 12.5 Å². The van der Waals surface area contributed by atoms with E-state index in [2.05, 4.69) is 25.7 Å². The van der Waals surface area contributed by atoms with Crippen molar-refractivity contribution >= 4 is 24.8 Å². The molecule has 0 saturated carbocycles. The average molecular weight is 245 g/mol. The smallest absolute Gasteiger partial charge is 0.0105 e. The third-order valence-corrected chi connectivity index (χ3v) is 2.56. The Hall–Kier alpha value is 0.500. The topological polar surface area (TPSA) is 29.3 Å². The zero-order chi connectivity index (χ0) is 9.40. The van der Waals surface area contributed by atoms with Crippen LogP contribution in [-0.2, 0) is 0 Å². The second-order valence-corrected chi connectivity index (χ2v) is 3.36. The summed E-state index contributed by atoms with van der Waals surface area (Å²) in [7, 11) is 0. The van der Waals surface area contributed by atoms with Crippen molar-refractivity contribution in [3.05, 3.63) is 0 Å².